The molecule has 1 N–H and O–H groups in total. The Balaban J connectivity index is 0.000000260. The van der Waals surface area contributed by atoms with Gasteiger partial charge < -0.3 is 5.32 Å². The predicted octanol–water partition coefficient (Wildman–Crippen LogP) is 4.59. The molecule has 26 heavy (non-hydrogen) atoms. The lowest BCUT2D eigenvalue weighted by Crippen LogP contribution is -2.29. The molecule has 3 rings (SSSR count). The number of amides is 1. The highest BCUT2D eigenvalue weighted by Crippen LogP contribution is 2.29. The van der Waals surface area contributed by atoms with Gasteiger partial charge in [0.2, 0.25) is 6.41 Å². The summed E-state index contributed by atoms with van der Waals surface area (Å²) in [6.07, 6.45) is 2.06. The van der Waals surface area contributed by atoms with E-state index in [1.807, 2.05) is 12.3 Å². The van der Waals surface area contributed by atoms with Gasteiger partial charge in [-0.25, -0.2) is 0 Å². The van der Waals surface area contributed by atoms with Crippen molar-refractivity contribution >= 4 is 12.1 Å². The number of alkyl halides is 3. The van der Waals surface area contributed by atoms with Crippen molar-refractivity contribution in [2.45, 2.75) is 32.0 Å². The van der Waals surface area contributed by atoms with Crippen LogP contribution in [0.5, 0.6) is 0 Å². The van der Waals surface area contributed by atoms with Crippen LogP contribution in [0, 0.1) is 0 Å². The Morgan fingerprint density at radius 2 is 1.77 bits per heavy atom. The number of pyridine rings is 1. The van der Waals surface area contributed by atoms with Crippen molar-refractivity contribution in [3.05, 3.63) is 59.9 Å². The van der Waals surface area contributed by atoms with Crippen LogP contribution in [0.4, 0.5) is 18.9 Å². The Hall–Kier alpha value is -2.41. The van der Waals surface area contributed by atoms with Crippen LogP contribution in [0.15, 0.2) is 48.7 Å². The average molecular weight is 367 g/mol. The summed E-state index contributed by atoms with van der Waals surface area (Å²) in [5, 5.41) is 2.24. The third kappa shape index (κ3) is 6.84. The van der Waals surface area contributed by atoms with E-state index in [9.17, 15) is 18.0 Å². The minimum Gasteiger partial charge on any atom is -0.329 e. The Bertz CT molecular complexity index is 660. The molecule has 4 nitrogen and oxygen atoms in total. The maximum absolute atomic E-state index is 12.0. The van der Waals surface area contributed by atoms with Gasteiger partial charge >= 0.3 is 6.18 Å². The average Bonchev–Trinajstić information content (AvgIpc) is 2.64. The molecule has 2 aromatic rings. The fourth-order valence-corrected chi connectivity index (χ4v) is 2.66. The first kappa shape index (κ1) is 19.9. The quantitative estimate of drug-likeness (QED) is 0.804. The molecule has 0 aliphatic carbocycles. The van der Waals surface area contributed by atoms with E-state index < -0.39 is 11.7 Å². The Kier molecular flexibility index (Phi) is 7.59. The fourth-order valence-electron chi connectivity index (χ4n) is 2.66. The number of hydrogen-bond acceptors (Lipinski definition) is 3. The predicted molar refractivity (Wildman–Crippen MR) is 96.6 cm³/mol. The lowest BCUT2D eigenvalue weighted by molar-refractivity contribution is -0.137. The highest BCUT2D eigenvalue weighted by molar-refractivity contribution is 5.71. The van der Waals surface area contributed by atoms with E-state index in [4.69, 9.17) is 0 Å². The Labute approximate surface area is 152 Å². The Morgan fingerprint density at radius 3 is 2.31 bits per heavy atom. The largest absolute Gasteiger partial charge is 0.416 e. The summed E-state index contributed by atoms with van der Waals surface area (Å²) in [6.45, 7) is 3.52. The summed E-state index contributed by atoms with van der Waals surface area (Å²) < 4.78 is 36.0. The molecule has 1 aromatic carbocycles. The zero-order valence-electron chi connectivity index (χ0n) is 14.4. The van der Waals surface area contributed by atoms with Gasteiger partial charge in [0.25, 0.3) is 0 Å². The SMILES string of the molecule is O=CNc1ccc(C(F)(F)F)cc1.[HH].c1ccc(CN2CCCCC2)nc1. The maximum Gasteiger partial charge on any atom is 0.416 e. The second kappa shape index (κ2) is 9.91. The van der Waals surface area contributed by atoms with Crippen LogP contribution in [-0.4, -0.2) is 29.4 Å². The maximum atomic E-state index is 12.0. The zero-order valence-corrected chi connectivity index (χ0v) is 14.4. The first-order chi connectivity index (χ1) is 12.5. The molecule has 1 fully saturated rings. The van der Waals surface area contributed by atoms with E-state index in [2.05, 4.69) is 27.3 Å². The van der Waals surface area contributed by atoms with Crippen molar-refractivity contribution in [2.24, 2.45) is 0 Å². The lowest BCUT2D eigenvalue weighted by atomic mass is 10.1. The number of halogens is 3. The fraction of sp³-hybridized carbons (Fsp3) is 0.368. The van der Waals surface area contributed by atoms with Crippen LogP contribution >= 0.6 is 0 Å². The van der Waals surface area contributed by atoms with Gasteiger partial charge in [0.1, 0.15) is 0 Å². The smallest absolute Gasteiger partial charge is 0.329 e. The van der Waals surface area contributed by atoms with Gasteiger partial charge in [-0.3, -0.25) is 14.7 Å². The third-order valence-electron chi connectivity index (χ3n) is 4.00. The number of anilines is 1. The van der Waals surface area contributed by atoms with Crippen LogP contribution < -0.4 is 5.32 Å². The summed E-state index contributed by atoms with van der Waals surface area (Å²) in [5.74, 6) is 0. The zero-order chi connectivity index (χ0) is 18.8. The highest BCUT2D eigenvalue weighted by Gasteiger charge is 2.29. The monoisotopic (exact) mass is 367 g/mol. The van der Waals surface area contributed by atoms with Gasteiger partial charge in [0, 0.05) is 19.9 Å². The molecule has 0 unspecified atom stereocenters. The van der Waals surface area contributed by atoms with Crippen LogP contribution in [-0.2, 0) is 17.5 Å². The summed E-state index contributed by atoms with van der Waals surface area (Å²) in [7, 11) is 0. The topological polar surface area (TPSA) is 45.2 Å². The molecule has 0 radical (unpaired) electrons. The molecule has 1 saturated heterocycles. The molecular formula is C19H24F3N3O. The third-order valence-corrected chi connectivity index (χ3v) is 4.00. The van der Waals surface area contributed by atoms with Gasteiger partial charge in [-0.15, -0.1) is 0 Å². The highest BCUT2D eigenvalue weighted by atomic mass is 19.4. The molecule has 1 amide bonds. The van der Waals surface area contributed by atoms with Crippen molar-refractivity contribution in [2.75, 3.05) is 18.4 Å². The normalized spacial score (nSPS) is 14.9. The lowest BCUT2D eigenvalue weighted by Gasteiger charge is -2.25. The molecule has 1 aliphatic heterocycles. The number of carbonyl (C=O) groups is 1. The molecule has 7 heteroatoms. The van der Waals surface area contributed by atoms with E-state index in [0.29, 0.717) is 12.1 Å². The summed E-state index contributed by atoms with van der Waals surface area (Å²) >= 11 is 0. The Morgan fingerprint density at radius 1 is 1.08 bits per heavy atom. The van der Waals surface area contributed by atoms with Crippen LogP contribution in [0.2, 0.25) is 0 Å². The molecule has 0 atom stereocenters. The number of rotatable bonds is 4. The summed E-state index contributed by atoms with van der Waals surface area (Å²) in [4.78, 5) is 16.7. The van der Waals surface area contributed by atoms with Crippen LogP contribution in [0.25, 0.3) is 0 Å². The second-order valence-corrected chi connectivity index (χ2v) is 6.00. The first-order valence-electron chi connectivity index (χ1n) is 8.49. The van der Waals surface area contributed by atoms with Crippen molar-refractivity contribution in [1.29, 1.82) is 0 Å². The van der Waals surface area contributed by atoms with E-state index in [1.54, 1.807) is 0 Å². The molecule has 0 bridgehead atoms. The number of nitrogens with one attached hydrogen (secondary N) is 1. The molecule has 1 aromatic heterocycles. The van der Waals surface area contributed by atoms with Gasteiger partial charge in [0.15, 0.2) is 0 Å². The number of nitrogens with zero attached hydrogens (tertiary/aromatic N) is 2. The number of carbonyl (C=O) groups excluding carboxylic acids is 1. The number of aromatic nitrogens is 1. The van der Waals surface area contributed by atoms with Crippen molar-refractivity contribution in [3.63, 3.8) is 0 Å². The first-order valence-corrected chi connectivity index (χ1v) is 8.49. The standard InChI is InChI=1S/C11H16N2.C8H6F3NO.H2/c1-4-8-13(9-5-1)10-11-6-2-3-7-12-11;9-8(10,11)6-1-3-7(4-2-6)12-5-13;/h2-3,6-7H,1,4-5,8-10H2;1-5H,(H,12,13);1H. The van der Waals surface area contributed by atoms with Crippen molar-refractivity contribution in [1.82, 2.24) is 9.88 Å². The van der Waals surface area contributed by atoms with Gasteiger partial charge in [0.05, 0.1) is 11.3 Å². The minimum atomic E-state index is -4.33. The number of benzene rings is 1. The van der Waals surface area contributed by atoms with Crippen LogP contribution in [0.1, 0.15) is 31.9 Å². The van der Waals surface area contributed by atoms with Crippen LogP contribution in [0.3, 0.4) is 0 Å². The second-order valence-electron chi connectivity index (χ2n) is 6.00. The molecule has 0 spiro atoms. The van der Waals surface area contributed by atoms with E-state index in [-0.39, 0.29) is 1.43 Å². The molecule has 1 aliphatic rings. The van der Waals surface area contributed by atoms with E-state index >= 15 is 0 Å². The number of piperidine rings is 1. The van der Waals surface area contributed by atoms with Crippen molar-refractivity contribution < 1.29 is 19.4 Å². The van der Waals surface area contributed by atoms with E-state index in [1.165, 1.54) is 50.2 Å². The summed E-state index contributed by atoms with van der Waals surface area (Å²) in [5.41, 5.74) is 0.802. The molecule has 0 saturated carbocycles. The van der Waals surface area contributed by atoms with Crippen molar-refractivity contribution in [3.8, 4) is 0 Å². The molecular weight excluding hydrogens is 343 g/mol. The number of likely N-dealkylation sites (tertiary alicyclic amines) is 1. The number of hydrogen-bond donors (Lipinski definition) is 1. The molecule has 2 heterocycles. The van der Waals surface area contributed by atoms with Gasteiger partial charge in [-0.05, 0) is 62.3 Å². The van der Waals surface area contributed by atoms with Gasteiger partial charge in [-0.1, -0.05) is 12.5 Å². The van der Waals surface area contributed by atoms with E-state index in [0.717, 1.165) is 18.7 Å². The summed E-state index contributed by atoms with van der Waals surface area (Å²) in [6, 6.07) is 10.3. The van der Waals surface area contributed by atoms with Gasteiger partial charge in [-0.2, -0.15) is 13.2 Å². The minimum absolute atomic E-state index is 0. The molecule has 142 valence electrons.